The summed E-state index contributed by atoms with van der Waals surface area (Å²) < 4.78 is 42.7. The van der Waals surface area contributed by atoms with Gasteiger partial charge in [-0.05, 0) is 39.5 Å². The number of nitrogens with one attached hydrogen (secondary N) is 1. The highest BCUT2D eigenvalue weighted by Gasteiger charge is 2.41. The van der Waals surface area contributed by atoms with Crippen molar-refractivity contribution in [3.63, 3.8) is 0 Å². The van der Waals surface area contributed by atoms with Gasteiger partial charge < -0.3 is 10.1 Å². The molecule has 1 unspecified atom stereocenters. The number of rotatable bonds is 5. The maximum absolute atomic E-state index is 12.4. The molecule has 0 aliphatic heterocycles. The number of halogens is 3. The van der Waals surface area contributed by atoms with Crippen molar-refractivity contribution in [2.24, 2.45) is 5.92 Å². The molecule has 0 saturated heterocycles. The lowest BCUT2D eigenvalue weighted by molar-refractivity contribution is -0.182. The Hall–Kier alpha value is -0.290. The summed E-state index contributed by atoms with van der Waals surface area (Å²) in [5.74, 6) is -1.09. The molecule has 0 aromatic carbocycles. The first-order valence-corrected chi connectivity index (χ1v) is 6.35. The molecule has 0 heterocycles. The highest BCUT2D eigenvalue weighted by molar-refractivity contribution is 4.81. The third-order valence-electron chi connectivity index (χ3n) is 3.34. The first-order valence-electron chi connectivity index (χ1n) is 6.35. The second-order valence-corrected chi connectivity index (χ2v) is 4.76. The molecule has 1 saturated carbocycles. The van der Waals surface area contributed by atoms with Gasteiger partial charge in [-0.1, -0.05) is 0 Å². The maximum Gasteiger partial charge on any atom is 0.391 e. The largest absolute Gasteiger partial charge is 0.391 e. The van der Waals surface area contributed by atoms with Crippen molar-refractivity contribution in [1.29, 1.82) is 0 Å². The molecule has 0 aromatic heterocycles. The molecule has 0 bridgehead atoms. The van der Waals surface area contributed by atoms with Gasteiger partial charge in [-0.3, -0.25) is 0 Å². The summed E-state index contributed by atoms with van der Waals surface area (Å²) in [7, 11) is 0. The summed E-state index contributed by atoms with van der Waals surface area (Å²) in [5.41, 5.74) is 0. The van der Waals surface area contributed by atoms with E-state index in [-0.39, 0.29) is 25.0 Å². The van der Waals surface area contributed by atoms with Crippen molar-refractivity contribution in [3.8, 4) is 0 Å². The van der Waals surface area contributed by atoms with Crippen LogP contribution in [0.25, 0.3) is 0 Å². The average Bonchev–Trinajstić information content (AvgIpc) is 2.26. The minimum Gasteiger partial charge on any atom is -0.377 e. The van der Waals surface area contributed by atoms with E-state index in [1.165, 1.54) is 0 Å². The predicted molar refractivity (Wildman–Crippen MR) is 60.9 cm³/mol. The molecular weight excluding hydrogens is 231 g/mol. The SMILES string of the molecule is CCOC(C)CNC1CCC(C(F)(F)F)CC1. The second kappa shape index (κ2) is 6.59. The second-order valence-electron chi connectivity index (χ2n) is 4.76. The lowest BCUT2D eigenvalue weighted by Gasteiger charge is -2.31. The Balaban J connectivity index is 2.19. The summed E-state index contributed by atoms with van der Waals surface area (Å²) in [6, 6.07) is 0.219. The third-order valence-corrected chi connectivity index (χ3v) is 3.34. The van der Waals surface area contributed by atoms with Gasteiger partial charge in [-0.25, -0.2) is 0 Å². The molecule has 1 atom stereocenters. The van der Waals surface area contributed by atoms with Gasteiger partial charge in [0.1, 0.15) is 0 Å². The van der Waals surface area contributed by atoms with Crippen LogP contribution in [0, 0.1) is 5.92 Å². The number of hydrogen-bond donors (Lipinski definition) is 1. The summed E-state index contributed by atoms with van der Waals surface area (Å²) in [6.07, 6.45) is -2.15. The molecule has 1 fully saturated rings. The maximum atomic E-state index is 12.4. The van der Waals surface area contributed by atoms with E-state index < -0.39 is 12.1 Å². The van der Waals surface area contributed by atoms with Gasteiger partial charge in [0.15, 0.2) is 0 Å². The van der Waals surface area contributed by atoms with Crippen LogP contribution in [0.1, 0.15) is 39.5 Å². The molecule has 0 spiro atoms. The first kappa shape index (κ1) is 14.8. The Bertz CT molecular complexity index is 212. The molecule has 1 aliphatic rings. The zero-order chi connectivity index (χ0) is 12.9. The smallest absolute Gasteiger partial charge is 0.377 e. The third kappa shape index (κ3) is 5.25. The van der Waals surface area contributed by atoms with E-state index in [4.69, 9.17) is 4.74 Å². The van der Waals surface area contributed by atoms with Crippen LogP contribution in [-0.4, -0.2) is 31.5 Å². The molecule has 0 radical (unpaired) electrons. The Labute approximate surface area is 101 Å². The van der Waals surface area contributed by atoms with E-state index in [2.05, 4.69) is 5.32 Å². The van der Waals surface area contributed by atoms with Crippen LogP contribution in [0.2, 0.25) is 0 Å². The van der Waals surface area contributed by atoms with E-state index in [0.29, 0.717) is 19.4 Å². The van der Waals surface area contributed by atoms with Crippen LogP contribution < -0.4 is 5.32 Å². The zero-order valence-corrected chi connectivity index (χ0v) is 10.5. The highest BCUT2D eigenvalue weighted by Crippen LogP contribution is 2.37. The van der Waals surface area contributed by atoms with Crippen LogP contribution in [0.15, 0.2) is 0 Å². The molecule has 1 N–H and O–H groups in total. The summed E-state index contributed by atoms with van der Waals surface area (Å²) in [4.78, 5) is 0. The van der Waals surface area contributed by atoms with E-state index in [1.807, 2.05) is 13.8 Å². The summed E-state index contributed by atoms with van der Waals surface area (Å²) >= 11 is 0. The van der Waals surface area contributed by atoms with Gasteiger partial charge in [0.05, 0.1) is 12.0 Å². The first-order chi connectivity index (χ1) is 7.93. The Morgan fingerprint density at radius 3 is 2.29 bits per heavy atom. The van der Waals surface area contributed by atoms with Gasteiger partial charge in [0.25, 0.3) is 0 Å². The van der Waals surface area contributed by atoms with Gasteiger partial charge in [0.2, 0.25) is 0 Å². The lowest BCUT2D eigenvalue weighted by atomic mass is 9.85. The molecule has 5 heteroatoms. The number of ether oxygens (including phenoxy) is 1. The molecule has 0 amide bonds. The normalized spacial score (nSPS) is 28.1. The van der Waals surface area contributed by atoms with E-state index >= 15 is 0 Å². The van der Waals surface area contributed by atoms with Crippen molar-refractivity contribution >= 4 is 0 Å². The Morgan fingerprint density at radius 2 is 1.82 bits per heavy atom. The number of alkyl halides is 3. The van der Waals surface area contributed by atoms with E-state index in [0.717, 1.165) is 6.54 Å². The summed E-state index contributed by atoms with van der Waals surface area (Å²) in [5, 5.41) is 3.29. The minimum absolute atomic E-state index is 0.125. The topological polar surface area (TPSA) is 21.3 Å². The van der Waals surface area contributed by atoms with Crippen LogP contribution in [-0.2, 0) is 4.74 Å². The molecule has 17 heavy (non-hydrogen) atoms. The van der Waals surface area contributed by atoms with Crippen molar-refractivity contribution < 1.29 is 17.9 Å². The molecule has 2 nitrogen and oxygen atoms in total. The number of hydrogen-bond acceptors (Lipinski definition) is 2. The minimum atomic E-state index is -4.01. The van der Waals surface area contributed by atoms with E-state index in [9.17, 15) is 13.2 Å². The average molecular weight is 253 g/mol. The predicted octanol–water partition coefficient (Wildman–Crippen LogP) is 3.12. The molecule has 1 rings (SSSR count). The van der Waals surface area contributed by atoms with Crippen LogP contribution >= 0.6 is 0 Å². The van der Waals surface area contributed by atoms with Gasteiger partial charge in [-0.15, -0.1) is 0 Å². The quantitative estimate of drug-likeness (QED) is 0.812. The van der Waals surface area contributed by atoms with Crippen molar-refractivity contribution in [1.82, 2.24) is 5.32 Å². The standard InChI is InChI=1S/C12H22F3NO/c1-3-17-9(2)8-16-11-6-4-10(5-7-11)12(13,14)15/h9-11,16H,3-8H2,1-2H3. The molecule has 1 aliphatic carbocycles. The van der Waals surface area contributed by atoms with E-state index in [1.54, 1.807) is 0 Å². The van der Waals surface area contributed by atoms with Crippen LogP contribution in [0.3, 0.4) is 0 Å². The zero-order valence-electron chi connectivity index (χ0n) is 10.5. The highest BCUT2D eigenvalue weighted by atomic mass is 19.4. The summed E-state index contributed by atoms with van der Waals surface area (Å²) in [6.45, 7) is 5.29. The Morgan fingerprint density at radius 1 is 1.24 bits per heavy atom. The van der Waals surface area contributed by atoms with Crippen molar-refractivity contribution in [2.45, 2.75) is 57.9 Å². The van der Waals surface area contributed by atoms with Crippen molar-refractivity contribution in [2.75, 3.05) is 13.2 Å². The molecule has 102 valence electrons. The fraction of sp³-hybridized carbons (Fsp3) is 1.00. The molecular formula is C12H22F3NO. The van der Waals surface area contributed by atoms with Gasteiger partial charge >= 0.3 is 6.18 Å². The fourth-order valence-electron chi connectivity index (χ4n) is 2.30. The monoisotopic (exact) mass is 253 g/mol. The Kier molecular flexibility index (Phi) is 5.73. The lowest BCUT2D eigenvalue weighted by Crippen LogP contribution is -2.40. The molecule has 0 aromatic rings. The van der Waals surface area contributed by atoms with Crippen molar-refractivity contribution in [3.05, 3.63) is 0 Å². The van der Waals surface area contributed by atoms with Crippen LogP contribution in [0.4, 0.5) is 13.2 Å². The van der Waals surface area contributed by atoms with Crippen LogP contribution in [0.5, 0.6) is 0 Å². The van der Waals surface area contributed by atoms with Gasteiger partial charge in [0, 0.05) is 19.2 Å². The van der Waals surface area contributed by atoms with Gasteiger partial charge in [-0.2, -0.15) is 13.2 Å². The fourth-order valence-corrected chi connectivity index (χ4v) is 2.30.